The van der Waals surface area contributed by atoms with Gasteiger partial charge in [0.2, 0.25) is 0 Å². The lowest BCUT2D eigenvalue weighted by atomic mass is 10.2. The number of anilines is 1. The van der Waals surface area contributed by atoms with Gasteiger partial charge >= 0.3 is 5.69 Å². The number of halogens is 1. The molecule has 1 aromatic heterocycles. The Labute approximate surface area is 86.1 Å². The molecule has 1 fully saturated rings. The third kappa shape index (κ3) is 1.00. The van der Waals surface area contributed by atoms with Gasteiger partial charge in [-0.2, -0.15) is 4.98 Å². The van der Waals surface area contributed by atoms with Crippen LogP contribution in [-0.4, -0.2) is 22.1 Å². The van der Waals surface area contributed by atoms with E-state index in [1.54, 1.807) is 10.6 Å². The van der Waals surface area contributed by atoms with E-state index in [1.807, 2.05) is 0 Å². The van der Waals surface area contributed by atoms with Crippen molar-refractivity contribution in [3.8, 4) is 0 Å². The predicted octanol–water partition coefficient (Wildman–Crippen LogP) is 0.879. The minimum atomic E-state index is -0.220. The summed E-state index contributed by atoms with van der Waals surface area (Å²) in [6.07, 6.45) is 2.37. The maximum absolute atomic E-state index is 11.5. The molecule has 0 unspecified atom stereocenters. The Kier molecular flexibility index (Phi) is 1.62. The molecule has 2 aliphatic heterocycles. The van der Waals surface area contributed by atoms with Gasteiger partial charge in [0.15, 0.2) is 0 Å². The van der Waals surface area contributed by atoms with Crippen LogP contribution in [0.5, 0.6) is 0 Å². The van der Waals surface area contributed by atoms with Crippen molar-refractivity contribution < 1.29 is 0 Å². The quantitative estimate of drug-likeness (QED) is 0.598. The van der Waals surface area contributed by atoms with Crippen LogP contribution in [0.15, 0.2) is 10.9 Å². The zero-order valence-corrected chi connectivity index (χ0v) is 8.37. The largest absolute Gasteiger partial charge is 0.353 e. The summed E-state index contributed by atoms with van der Waals surface area (Å²) in [4.78, 5) is 17.5. The van der Waals surface area contributed by atoms with Gasteiger partial charge in [0, 0.05) is 25.2 Å². The molecule has 0 aromatic carbocycles. The number of hydrogen-bond acceptors (Lipinski definition) is 3. The van der Waals surface area contributed by atoms with E-state index >= 15 is 0 Å². The highest BCUT2D eigenvalue weighted by Crippen LogP contribution is 2.32. The first-order valence-electron chi connectivity index (χ1n) is 4.80. The first-order chi connectivity index (χ1) is 6.75. The molecule has 3 rings (SSSR count). The fourth-order valence-electron chi connectivity index (χ4n) is 2.41. The Bertz CT molecular complexity index is 442. The van der Waals surface area contributed by atoms with Crippen molar-refractivity contribution in [2.24, 2.45) is 0 Å². The monoisotopic (exact) mass is 211 g/mol. The van der Waals surface area contributed by atoms with Crippen molar-refractivity contribution in [3.05, 3.63) is 21.7 Å². The normalized spacial score (nSPS) is 23.8. The van der Waals surface area contributed by atoms with Crippen LogP contribution in [0.4, 0.5) is 5.82 Å². The van der Waals surface area contributed by atoms with Crippen LogP contribution in [0, 0.1) is 0 Å². The maximum Gasteiger partial charge on any atom is 0.350 e. The van der Waals surface area contributed by atoms with Gasteiger partial charge in [-0.3, -0.25) is 4.57 Å². The van der Waals surface area contributed by atoms with Gasteiger partial charge in [-0.05, 0) is 12.8 Å². The molecule has 5 heteroatoms. The van der Waals surface area contributed by atoms with Crippen molar-refractivity contribution in [1.82, 2.24) is 9.55 Å². The molecule has 4 nitrogen and oxygen atoms in total. The average molecular weight is 212 g/mol. The van der Waals surface area contributed by atoms with Crippen molar-refractivity contribution in [1.29, 1.82) is 0 Å². The van der Waals surface area contributed by atoms with E-state index in [2.05, 4.69) is 9.88 Å². The summed E-state index contributed by atoms with van der Waals surface area (Å²) < 4.78 is 1.72. The van der Waals surface area contributed by atoms with Gasteiger partial charge < -0.3 is 4.90 Å². The minimum Gasteiger partial charge on any atom is -0.353 e. The lowest BCUT2D eigenvalue weighted by Crippen LogP contribution is -2.24. The van der Waals surface area contributed by atoms with E-state index in [0.717, 1.165) is 18.9 Å². The molecule has 0 saturated carbocycles. The van der Waals surface area contributed by atoms with Gasteiger partial charge in [-0.1, -0.05) is 11.6 Å². The molecule has 1 atom stereocenters. The summed E-state index contributed by atoms with van der Waals surface area (Å²) in [5.41, 5.74) is -0.220. The van der Waals surface area contributed by atoms with Crippen LogP contribution >= 0.6 is 11.6 Å². The van der Waals surface area contributed by atoms with E-state index in [1.165, 1.54) is 12.8 Å². The highest BCUT2D eigenvalue weighted by molar-refractivity contribution is 6.29. The molecule has 2 aliphatic rings. The topological polar surface area (TPSA) is 38.1 Å². The first kappa shape index (κ1) is 8.29. The number of fused-ring (bicyclic) bond motifs is 3. The molecule has 0 aliphatic carbocycles. The number of hydrogen-bond donors (Lipinski definition) is 0. The molecule has 14 heavy (non-hydrogen) atoms. The summed E-state index contributed by atoms with van der Waals surface area (Å²) in [5, 5.41) is 0.300. The molecule has 0 amide bonds. The van der Waals surface area contributed by atoms with Crippen LogP contribution in [0.25, 0.3) is 0 Å². The lowest BCUT2D eigenvalue weighted by molar-refractivity contribution is 0.604. The molecular formula is C9H10ClN3O. The Morgan fingerprint density at radius 1 is 1.57 bits per heavy atom. The highest BCUT2D eigenvalue weighted by atomic mass is 35.5. The second-order valence-corrected chi connectivity index (χ2v) is 4.21. The van der Waals surface area contributed by atoms with E-state index in [0.29, 0.717) is 11.2 Å². The smallest absolute Gasteiger partial charge is 0.350 e. The van der Waals surface area contributed by atoms with E-state index < -0.39 is 0 Å². The third-order valence-corrected chi connectivity index (χ3v) is 3.22. The van der Waals surface area contributed by atoms with Gasteiger partial charge in [-0.25, -0.2) is 4.79 Å². The standard InChI is InChI=1S/C9H10ClN3O/c10-7-4-8-12-3-1-2-6(12)5-13(8)9(14)11-7/h4,6H,1-3,5H2/t6-/m1/s1. The van der Waals surface area contributed by atoms with Gasteiger partial charge in [0.05, 0.1) is 0 Å². The summed E-state index contributed by atoms with van der Waals surface area (Å²) in [7, 11) is 0. The van der Waals surface area contributed by atoms with E-state index in [4.69, 9.17) is 11.6 Å². The van der Waals surface area contributed by atoms with Crippen LogP contribution in [0.1, 0.15) is 12.8 Å². The van der Waals surface area contributed by atoms with Crippen molar-refractivity contribution in [2.75, 3.05) is 11.4 Å². The number of nitrogens with zero attached hydrogens (tertiary/aromatic N) is 3. The molecular weight excluding hydrogens is 202 g/mol. The Balaban J connectivity index is 2.19. The number of rotatable bonds is 0. The second kappa shape index (κ2) is 2.73. The van der Waals surface area contributed by atoms with Crippen molar-refractivity contribution in [3.63, 3.8) is 0 Å². The molecule has 74 valence electrons. The Hall–Kier alpha value is -1.03. The molecule has 0 radical (unpaired) electrons. The van der Waals surface area contributed by atoms with Gasteiger partial charge in [0.25, 0.3) is 0 Å². The third-order valence-electron chi connectivity index (χ3n) is 3.02. The van der Waals surface area contributed by atoms with Crippen molar-refractivity contribution >= 4 is 17.4 Å². The summed E-state index contributed by atoms with van der Waals surface area (Å²) in [5.74, 6) is 0.942. The summed E-state index contributed by atoms with van der Waals surface area (Å²) in [6, 6.07) is 2.27. The summed E-state index contributed by atoms with van der Waals surface area (Å²) >= 11 is 5.77. The van der Waals surface area contributed by atoms with Crippen LogP contribution < -0.4 is 10.6 Å². The Morgan fingerprint density at radius 2 is 2.43 bits per heavy atom. The van der Waals surface area contributed by atoms with Crippen LogP contribution in [-0.2, 0) is 6.54 Å². The zero-order chi connectivity index (χ0) is 9.71. The van der Waals surface area contributed by atoms with E-state index in [9.17, 15) is 4.79 Å². The average Bonchev–Trinajstić information content (AvgIpc) is 2.65. The highest BCUT2D eigenvalue weighted by Gasteiger charge is 2.33. The minimum absolute atomic E-state index is 0.220. The van der Waals surface area contributed by atoms with Gasteiger partial charge in [0.1, 0.15) is 11.0 Å². The summed E-state index contributed by atoms with van der Waals surface area (Å²) in [6.45, 7) is 1.81. The first-order valence-corrected chi connectivity index (χ1v) is 5.17. The molecule has 0 spiro atoms. The van der Waals surface area contributed by atoms with Crippen LogP contribution in [0.3, 0.4) is 0 Å². The fraction of sp³-hybridized carbons (Fsp3) is 0.556. The molecule has 0 N–H and O–H groups in total. The zero-order valence-electron chi connectivity index (χ0n) is 7.61. The predicted molar refractivity (Wildman–Crippen MR) is 53.9 cm³/mol. The molecule has 1 aromatic rings. The maximum atomic E-state index is 11.5. The van der Waals surface area contributed by atoms with Gasteiger partial charge in [-0.15, -0.1) is 0 Å². The van der Waals surface area contributed by atoms with Crippen molar-refractivity contribution in [2.45, 2.75) is 25.4 Å². The molecule has 1 saturated heterocycles. The van der Waals surface area contributed by atoms with E-state index in [-0.39, 0.29) is 5.69 Å². The molecule has 0 bridgehead atoms. The fourth-order valence-corrected chi connectivity index (χ4v) is 2.58. The second-order valence-electron chi connectivity index (χ2n) is 3.82. The molecule has 3 heterocycles. The lowest BCUT2D eigenvalue weighted by Gasteiger charge is -2.16. The van der Waals surface area contributed by atoms with Crippen LogP contribution in [0.2, 0.25) is 5.15 Å². The SMILES string of the molecule is O=c1nc(Cl)cc2n1C[C@H]1CCCN21. The number of aromatic nitrogens is 2. The Morgan fingerprint density at radius 3 is 3.29 bits per heavy atom.